The van der Waals surface area contributed by atoms with Crippen molar-refractivity contribution in [2.24, 2.45) is 0 Å². The summed E-state index contributed by atoms with van der Waals surface area (Å²) in [6.07, 6.45) is 6.35. The molecule has 1 aromatic carbocycles. The van der Waals surface area contributed by atoms with Gasteiger partial charge in [-0.2, -0.15) is 0 Å². The summed E-state index contributed by atoms with van der Waals surface area (Å²) in [6, 6.07) is 4.71. The zero-order valence-electron chi connectivity index (χ0n) is 12.2. The lowest BCUT2D eigenvalue weighted by Crippen LogP contribution is -2.39. The fourth-order valence-corrected chi connectivity index (χ4v) is 3.67. The average molecular weight is 291 g/mol. The first kappa shape index (κ1) is 14.5. The molecule has 1 saturated carbocycles. The van der Waals surface area contributed by atoms with Crippen LogP contribution in [0.5, 0.6) is 0 Å². The second-order valence-electron chi connectivity index (χ2n) is 6.46. The van der Waals surface area contributed by atoms with Crippen LogP contribution < -0.4 is 5.32 Å². The highest BCUT2D eigenvalue weighted by molar-refractivity contribution is 5.77. The van der Waals surface area contributed by atoms with Crippen LogP contribution in [0.15, 0.2) is 18.2 Å². The van der Waals surface area contributed by atoms with Crippen LogP contribution in [0.4, 0.5) is 4.39 Å². The van der Waals surface area contributed by atoms with Crippen LogP contribution in [0.2, 0.25) is 0 Å². The van der Waals surface area contributed by atoms with Gasteiger partial charge in [-0.25, -0.2) is 4.39 Å². The van der Waals surface area contributed by atoms with E-state index >= 15 is 0 Å². The lowest BCUT2D eigenvalue weighted by Gasteiger charge is -2.31. The van der Waals surface area contributed by atoms with Crippen LogP contribution in [-0.4, -0.2) is 16.6 Å². The van der Waals surface area contributed by atoms with Gasteiger partial charge in [0.2, 0.25) is 5.91 Å². The number of amides is 1. The molecule has 2 aliphatic carbocycles. The largest absolute Gasteiger partial charge is 0.389 e. The number of carbonyl (C=O) groups is 1. The third-order valence-corrected chi connectivity index (χ3v) is 4.79. The minimum atomic E-state index is -0.827. The van der Waals surface area contributed by atoms with Crippen molar-refractivity contribution in [3.63, 3.8) is 0 Å². The smallest absolute Gasteiger partial charge is 0.223 e. The molecular weight excluding hydrogens is 269 g/mol. The molecule has 0 heterocycles. The van der Waals surface area contributed by atoms with Crippen LogP contribution in [0, 0.1) is 5.82 Å². The molecule has 0 saturated heterocycles. The average Bonchev–Trinajstić information content (AvgIpc) is 2.81. The Balaban J connectivity index is 1.62. The molecule has 1 atom stereocenters. The summed E-state index contributed by atoms with van der Waals surface area (Å²) in [5, 5.41) is 13.4. The first-order chi connectivity index (χ1) is 10.1. The first-order valence-corrected chi connectivity index (χ1v) is 7.86. The monoisotopic (exact) mass is 291 g/mol. The number of nitrogens with one attached hydrogen (secondary N) is 1. The molecule has 1 amide bonds. The van der Waals surface area contributed by atoms with Gasteiger partial charge in [0.15, 0.2) is 0 Å². The van der Waals surface area contributed by atoms with Gasteiger partial charge in [0.25, 0.3) is 0 Å². The zero-order chi connectivity index (χ0) is 14.9. The SMILES string of the molecule is O=C(CC1(O)CCCCC1)NC1CCc2cc(F)ccc21. The molecule has 3 nitrogen and oxygen atoms in total. The second-order valence-corrected chi connectivity index (χ2v) is 6.46. The molecule has 1 aromatic rings. The van der Waals surface area contributed by atoms with Crippen molar-refractivity contribution in [1.29, 1.82) is 0 Å². The number of hydrogen-bond acceptors (Lipinski definition) is 2. The van der Waals surface area contributed by atoms with Gasteiger partial charge < -0.3 is 10.4 Å². The predicted molar refractivity (Wildman–Crippen MR) is 78.3 cm³/mol. The molecule has 1 unspecified atom stereocenters. The fraction of sp³-hybridized carbons (Fsp3) is 0.588. The number of halogens is 1. The molecular formula is C17H22FNO2. The molecule has 114 valence electrons. The molecule has 0 spiro atoms. The fourth-order valence-electron chi connectivity index (χ4n) is 3.67. The van der Waals surface area contributed by atoms with E-state index in [2.05, 4.69) is 5.32 Å². The van der Waals surface area contributed by atoms with Crippen molar-refractivity contribution < 1.29 is 14.3 Å². The van der Waals surface area contributed by atoms with Crippen LogP contribution in [0.1, 0.15) is 62.1 Å². The molecule has 4 heteroatoms. The lowest BCUT2D eigenvalue weighted by atomic mass is 9.82. The third kappa shape index (κ3) is 3.26. The second kappa shape index (κ2) is 5.76. The molecule has 0 aliphatic heterocycles. The summed E-state index contributed by atoms with van der Waals surface area (Å²) < 4.78 is 13.2. The maximum absolute atomic E-state index is 13.2. The van der Waals surface area contributed by atoms with Crippen molar-refractivity contribution >= 4 is 5.91 Å². The van der Waals surface area contributed by atoms with E-state index in [1.165, 1.54) is 6.07 Å². The van der Waals surface area contributed by atoms with E-state index in [0.29, 0.717) is 12.8 Å². The Morgan fingerprint density at radius 1 is 1.33 bits per heavy atom. The Labute approximate surface area is 124 Å². The van der Waals surface area contributed by atoms with Gasteiger partial charge >= 0.3 is 0 Å². The minimum absolute atomic E-state index is 0.0414. The molecule has 2 aliphatic rings. The van der Waals surface area contributed by atoms with Gasteiger partial charge in [0.1, 0.15) is 5.82 Å². The quantitative estimate of drug-likeness (QED) is 0.899. The van der Waals surface area contributed by atoms with E-state index < -0.39 is 5.60 Å². The number of aryl methyl sites for hydroxylation is 1. The predicted octanol–water partition coefficient (Wildman–Crippen LogP) is 3.01. The van der Waals surface area contributed by atoms with Crippen LogP contribution in [0.3, 0.4) is 0 Å². The molecule has 0 bridgehead atoms. The van der Waals surface area contributed by atoms with E-state index in [4.69, 9.17) is 0 Å². The van der Waals surface area contributed by atoms with E-state index in [1.807, 2.05) is 0 Å². The van der Waals surface area contributed by atoms with E-state index in [-0.39, 0.29) is 24.2 Å². The van der Waals surface area contributed by atoms with Crippen molar-refractivity contribution in [3.05, 3.63) is 35.1 Å². The summed E-state index contributed by atoms with van der Waals surface area (Å²) in [7, 11) is 0. The Kier molecular flexibility index (Phi) is 3.98. The normalized spacial score (nSPS) is 23.6. The third-order valence-electron chi connectivity index (χ3n) is 4.79. The van der Waals surface area contributed by atoms with Gasteiger partial charge in [0, 0.05) is 0 Å². The summed E-state index contributed by atoms with van der Waals surface area (Å²) in [5.74, 6) is -0.321. The van der Waals surface area contributed by atoms with Crippen molar-refractivity contribution in [2.75, 3.05) is 0 Å². The van der Waals surface area contributed by atoms with Crippen LogP contribution >= 0.6 is 0 Å². The van der Waals surface area contributed by atoms with E-state index in [9.17, 15) is 14.3 Å². The Morgan fingerprint density at radius 3 is 2.86 bits per heavy atom. The number of carbonyl (C=O) groups excluding carboxylic acids is 1. The first-order valence-electron chi connectivity index (χ1n) is 7.86. The summed E-state index contributed by atoms with van der Waals surface area (Å²) in [5.41, 5.74) is 1.17. The highest BCUT2D eigenvalue weighted by atomic mass is 19.1. The zero-order valence-corrected chi connectivity index (χ0v) is 12.2. The lowest BCUT2D eigenvalue weighted by molar-refractivity contribution is -0.128. The number of benzene rings is 1. The molecule has 1 fully saturated rings. The Bertz CT molecular complexity index is 538. The number of hydrogen-bond donors (Lipinski definition) is 2. The highest BCUT2D eigenvalue weighted by Crippen LogP contribution is 2.33. The molecule has 2 N–H and O–H groups in total. The van der Waals surface area contributed by atoms with Crippen LogP contribution in [0.25, 0.3) is 0 Å². The van der Waals surface area contributed by atoms with Gasteiger partial charge in [-0.05, 0) is 48.9 Å². The summed E-state index contributed by atoms with van der Waals surface area (Å²) >= 11 is 0. The van der Waals surface area contributed by atoms with Gasteiger partial charge in [-0.15, -0.1) is 0 Å². The topological polar surface area (TPSA) is 49.3 Å². The van der Waals surface area contributed by atoms with Gasteiger partial charge in [-0.1, -0.05) is 25.3 Å². The summed E-state index contributed by atoms with van der Waals surface area (Å²) in [4.78, 5) is 12.2. The maximum atomic E-state index is 13.2. The van der Waals surface area contributed by atoms with Crippen LogP contribution in [-0.2, 0) is 11.2 Å². The molecule has 0 radical (unpaired) electrons. The standard InChI is InChI=1S/C17H22FNO2/c18-13-5-6-14-12(10-13)4-7-15(14)19-16(20)11-17(21)8-2-1-3-9-17/h5-6,10,15,21H,1-4,7-9,11H2,(H,19,20). The molecule has 3 rings (SSSR count). The van der Waals surface area contributed by atoms with Crippen molar-refractivity contribution in [3.8, 4) is 0 Å². The molecule has 21 heavy (non-hydrogen) atoms. The highest BCUT2D eigenvalue weighted by Gasteiger charge is 2.33. The van der Waals surface area contributed by atoms with E-state index in [1.54, 1.807) is 12.1 Å². The maximum Gasteiger partial charge on any atom is 0.223 e. The van der Waals surface area contributed by atoms with Gasteiger partial charge in [0.05, 0.1) is 18.1 Å². The Morgan fingerprint density at radius 2 is 2.10 bits per heavy atom. The number of aliphatic hydroxyl groups is 1. The Hall–Kier alpha value is -1.42. The molecule has 0 aromatic heterocycles. The van der Waals surface area contributed by atoms with Gasteiger partial charge in [-0.3, -0.25) is 4.79 Å². The van der Waals surface area contributed by atoms with E-state index in [0.717, 1.165) is 43.2 Å². The summed E-state index contributed by atoms with van der Waals surface area (Å²) in [6.45, 7) is 0. The minimum Gasteiger partial charge on any atom is -0.389 e. The van der Waals surface area contributed by atoms with Crippen molar-refractivity contribution in [1.82, 2.24) is 5.32 Å². The number of fused-ring (bicyclic) bond motifs is 1. The number of rotatable bonds is 3. The van der Waals surface area contributed by atoms with Crippen molar-refractivity contribution in [2.45, 2.75) is 63.0 Å².